The molecule has 0 radical (unpaired) electrons. The molecular weight excluding hydrogens is 316 g/mol. The average Bonchev–Trinajstić information content (AvgIpc) is 2.93. The van der Waals surface area contributed by atoms with Crippen molar-refractivity contribution in [2.75, 3.05) is 33.9 Å². The molecular formula is C16H26N2O4S. The van der Waals surface area contributed by atoms with Crippen LogP contribution >= 0.6 is 11.3 Å². The predicted molar refractivity (Wildman–Crippen MR) is 90.5 cm³/mol. The highest BCUT2D eigenvalue weighted by molar-refractivity contribution is 7.07. The Bertz CT molecular complexity index is 497. The molecule has 130 valence electrons. The number of rotatable bonds is 7. The number of nitrogens with zero attached hydrogens (tertiary/aromatic N) is 2. The zero-order valence-electron chi connectivity index (χ0n) is 14.5. The van der Waals surface area contributed by atoms with Crippen molar-refractivity contribution in [3.8, 4) is 0 Å². The standard InChI is InChI=1S/C16H26N2O4S/c1-16(2,3)22-15(20)17(4)7-8-21-11-14(19)18(5)10-13-6-9-23-12-13/h6,9,12H,7-8,10-11H2,1-5H3. The maximum Gasteiger partial charge on any atom is 0.410 e. The minimum absolute atomic E-state index is 0.00277. The van der Waals surface area contributed by atoms with Crippen molar-refractivity contribution in [2.24, 2.45) is 0 Å². The van der Waals surface area contributed by atoms with E-state index in [0.717, 1.165) is 5.56 Å². The molecule has 1 rings (SSSR count). The number of likely N-dealkylation sites (N-methyl/N-ethyl adjacent to an activating group) is 2. The summed E-state index contributed by atoms with van der Waals surface area (Å²) in [4.78, 5) is 26.7. The van der Waals surface area contributed by atoms with Crippen molar-refractivity contribution in [1.29, 1.82) is 0 Å². The van der Waals surface area contributed by atoms with Crippen molar-refractivity contribution in [3.63, 3.8) is 0 Å². The molecule has 6 nitrogen and oxygen atoms in total. The van der Waals surface area contributed by atoms with Crippen LogP contribution in [0, 0.1) is 0 Å². The van der Waals surface area contributed by atoms with Crippen LogP contribution in [0.15, 0.2) is 16.8 Å². The number of ether oxygens (including phenoxy) is 2. The summed E-state index contributed by atoms with van der Waals surface area (Å²) in [6, 6.07) is 1.99. The molecule has 23 heavy (non-hydrogen) atoms. The van der Waals surface area contributed by atoms with E-state index in [2.05, 4.69) is 0 Å². The summed E-state index contributed by atoms with van der Waals surface area (Å²) >= 11 is 1.61. The molecule has 0 bridgehead atoms. The lowest BCUT2D eigenvalue weighted by molar-refractivity contribution is -0.135. The van der Waals surface area contributed by atoms with Crippen molar-refractivity contribution in [3.05, 3.63) is 22.4 Å². The first-order valence-electron chi connectivity index (χ1n) is 7.46. The van der Waals surface area contributed by atoms with Crippen LogP contribution in [0.3, 0.4) is 0 Å². The van der Waals surface area contributed by atoms with Gasteiger partial charge in [0, 0.05) is 27.2 Å². The van der Waals surface area contributed by atoms with Gasteiger partial charge in [0.1, 0.15) is 12.2 Å². The zero-order valence-corrected chi connectivity index (χ0v) is 15.3. The quantitative estimate of drug-likeness (QED) is 0.715. The van der Waals surface area contributed by atoms with E-state index in [1.165, 1.54) is 4.90 Å². The van der Waals surface area contributed by atoms with Gasteiger partial charge in [-0.25, -0.2) is 4.79 Å². The third kappa shape index (κ3) is 7.99. The molecule has 0 unspecified atom stereocenters. The SMILES string of the molecule is CN(Cc1ccsc1)C(=O)COCCN(C)C(=O)OC(C)(C)C. The van der Waals surface area contributed by atoms with Gasteiger partial charge in [0.2, 0.25) is 5.91 Å². The number of carbonyl (C=O) groups is 2. The van der Waals surface area contributed by atoms with Gasteiger partial charge in [0.25, 0.3) is 0 Å². The molecule has 0 aliphatic heterocycles. The fourth-order valence-corrected chi connectivity index (χ4v) is 2.31. The number of hydrogen-bond acceptors (Lipinski definition) is 5. The molecule has 0 saturated heterocycles. The van der Waals surface area contributed by atoms with Gasteiger partial charge in [-0.1, -0.05) is 0 Å². The van der Waals surface area contributed by atoms with E-state index in [1.54, 1.807) is 30.3 Å². The largest absolute Gasteiger partial charge is 0.444 e. The zero-order chi connectivity index (χ0) is 17.5. The van der Waals surface area contributed by atoms with Crippen LogP contribution < -0.4 is 0 Å². The van der Waals surface area contributed by atoms with Crippen LogP contribution in [0.25, 0.3) is 0 Å². The summed E-state index contributed by atoms with van der Waals surface area (Å²) in [7, 11) is 3.39. The Hall–Kier alpha value is -1.60. The monoisotopic (exact) mass is 342 g/mol. The van der Waals surface area contributed by atoms with Gasteiger partial charge in [0.05, 0.1) is 6.61 Å². The first-order chi connectivity index (χ1) is 10.7. The van der Waals surface area contributed by atoms with Crippen LogP contribution in [-0.4, -0.2) is 61.3 Å². The van der Waals surface area contributed by atoms with Crippen molar-refractivity contribution >= 4 is 23.3 Å². The van der Waals surface area contributed by atoms with Crippen LogP contribution in [0.5, 0.6) is 0 Å². The second-order valence-corrected chi connectivity index (χ2v) is 7.12. The molecule has 0 atom stereocenters. The lowest BCUT2D eigenvalue weighted by Crippen LogP contribution is -2.36. The minimum atomic E-state index is -0.521. The summed E-state index contributed by atoms with van der Waals surface area (Å²) in [5.41, 5.74) is 0.586. The van der Waals surface area contributed by atoms with Crippen LogP contribution in [-0.2, 0) is 20.8 Å². The molecule has 0 saturated carbocycles. The third-order valence-corrected chi connectivity index (χ3v) is 3.66. The Morgan fingerprint density at radius 1 is 1.22 bits per heavy atom. The molecule has 0 N–H and O–H groups in total. The fourth-order valence-electron chi connectivity index (χ4n) is 1.65. The lowest BCUT2D eigenvalue weighted by atomic mass is 10.2. The van der Waals surface area contributed by atoms with E-state index in [9.17, 15) is 9.59 Å². The minimum Gasteiger partial charge on any atom is -0.444 e. The van der Waals surface area contributed by atoms with Gasteiger partial charge in [0.15, 0.2) is 0 Å². The van der Waals surface area contributed by atoms with E-state index < -0.39 is 11.7 Å². The molecule has 2 amide bonds. The van der Waals surface area contributed by atoms with Gasteiger partial charge >= 0.3 is 6.09 Å². The molecule has 0 aliphatic carbocycles. The summed E-state index contributed by atoms with van der Waals surface area (Å²) in [6.45, 7) is 6.68. The van der Waals surface area contributed by atoms with E-state index in [4.69, 9.17) is 9.47 Å². The Morgan fingerprint density at radius 3 is 2.48 bits per heavy atom. The first-order valence-corrected chi connectivity index (χ1v) is 8.40. The first kappa shape index (κ1) is 19.4. The third-order valence-electron chi connectivity index (χ3n) is 2.93. The smallest absolute Gasteiger partial charge is 0.410 e. The summed E-state index contributed by atoms with van der Waals surface area (Å²) in [5, 5.41) is 4.00. The molecule has 0 aliphatic rings. The van der Waals surface area contributed by atoms with E-state index in [1.807, 2.05) is 37.6 Å². The highest BCUT2D eigenvalue weighted by Gasteiger charge is 2.19. The molecule has 7 heteroatoms. The summed E-state index contributed by atoms with van der Waals surface area (Å²) < 4.78 is 10.6. The van der Waals surface area contributed by atoms with Gasteiger partial charge in [-0.2, -0.15) is 11.3 Å². The summed E-state index contributed by atoms with van der Waals surface area (Å²) in [5.74, 6) is -0.0869. The molecule has 1 aromatic heterocycles. The number of thiophene rings is 1. The molecule has 0 spiro atoms. The van der Waals surface area contributed by atoms with Gasteiger partial charge in [-0.3, -0.25) is 4.79 Å². The van der Waals surface area contributed by atoms with E-state index in [0.29, 0.717) is 13.1 Å². The molecule has 1 aromatic rings. The van der Waals surface area contributed by atoms with Crippen molar-refractivity contribution < 1.29 is 19.1 Å². The highest BCUT2D eigenvalue weighted by Crippen LogP contribution is 2.09. The second-order valence-electron chi connectivity index (χ2n) is 6.34. The Morgan fingerprint density at radius 2 is 1.91 bits per heavy atom. The highest BCUT2D eigenvalue weighted by atomic mass is 32.1. The van der Waals surface area contributed by atoms with Crippen LogP contribution in [0.1, 0.15) is 26.3 Å². The second kappa shape index (κ2) is 8.88. The predicted octanol–water partition coefficient (Wildman–Crippen LogP) is 2.59. The topological polar surface area (TPSA) is 59.1 Å². The average molecular weight is 342 g/mol. The Kier molecular flexibility index (Phi) is 7.51. The van der Waals surface area contributed by atoms with E-state index in [-0.39, 0.29) is 19.1 Å². The van der Waals surface area contributed by atoms with E-state index >= 15 is 0 Å². The van der Waals surface area contributed by atoms with Crippen molar-refractivity contribution in [2.45, 2.75) is 32.9 Å². The van der Waals surface area contributed by atoms with Crippen LogP contribution in [0.4, 0.5) is 4.79 Å². The van der Waals surface area contributed by atoms with Gasteiger partial charge in [-0.15, -0.1) is 0 Å². The van der Waals surface area contributed by atoms with Gasteiger partial charge in [-0.05, 0) is 43.2 Å². The summed E-state index contributed by atoms with van der Waals surface area (Å²) in [6.07, 6.45) is -0.401. The maximum absolute atomic E-state index is 11.9. The molecule has 1 heterocycles. The number of carbonyl (C=O) groups excluding carboxylic acids is 2. The number of amides is 2. The Labute approximate surface area is 142 Å². The number of hydrogen-bond donors (Lipinski definition) is 0. The maximum atomic E-state index is 11.9. The van der Waals surface area contributed by atoms with Gasteiger partial charge < -0.3 is 19.3 Å². The van der Waals surface area contributed by atoms with Crippen LogP contribution in [0.2, 0.25) is 0 Å². The normalized spacial score (nSPS) is 11.2. The van der Waals surface area contributed by atoms with Crippen molar-refractivity contribution in [1.82, 2.24) is 9.80 Å². The Balaban J connectivity index is 2.20. The molecule has 0 fully saturated rings. The lowest BCUT2D eigenvalue weighted by Gasteiger charge is -2.24. The molecule has 0 aromatic carbocycles. The fraction of sp³-hybridized carbons (Fsp3) is 0.625.